The minimum Gasteiger partial charge on any atom is -0.315 e. The monoisotopic (exact) mass is 277 g/mol. The van der Waals surface area contributed by atoms with E-state index in [1.807, 2.05) is 0 Å². The van der Waals surface area contributed by atoms with Crippen LogP contribution in [0, 0.1) is 10.1 Å². The standard InChI is InChI=1S/C9H11N3O3S.ClH/c13-12(14)7-1-2-9(11-5-7)16(15)8-3-4-10-6-8;/h1-2,5,8,10H,3-4,6H2;1H/t8-,16?;/m1./s1. The predicted octanol–water partition coefficient (Wildman–Crippen LogP) is 0.881. The third-order valence-corrected chi connectivity index (χ3v) is 4.12. The van der Waals surface area contributed by atoms with Gasteiger partial charge in [-0.2, -0.15) is 0 Å². The zero-order chi connectivity index (χ0) is 11.5. The molecule has 1 saturated heterocycles. The average Bonchev–Trinajstić information content (AvgIpc) is 2.81. The number of nitrogens with zero attached hydrogens (tertiary/aromatic N) is 2. The maximum absolute atomic E-state index is 12.0. The van der Waals surface area contributed by atoms with E-state index in [2.05, 4.69) is 10.3 Å². The molecule has 0 bridgehead atoms. The van der Waals surface area contributed by atoms with E-state index in [4.69, 9.17) is 0 Å². The Morgan fingerprint density at radius 2 is 2.29 bits per heavy atom. The van der Waals surface area contributed by atoms with E-state index >= 15 is 0 Å². The highest BCUT2D eigenvalue weighted by Gasteiger charge is 2.23. The molecule has 17 heavy (non-hydrogen) atoms. The summed E-state index contributed by atoms with van der Waals surface area (Å²) in [7, 11) is -1.18. The normalized spacial score (nSPS) is 20.6. The summed E-state index contributed by atoms with van der Waals surface area (Å²) in [5.74, 6) is 0. The van der Waals surface area contributed by atoms with E-state index in [0.29, 0.717) is 11.6 Å². The molecule has 2 heterocycles. The lowest BCUT2D eigenvalue weighted by atomic mass is 10.4. The number of aromatic nitrogens is 1. The summed E-state index contributed by atoms with van der Waals surface area (Å²) < 4.78 is 12.0. The summed E-state index contributed by atoms with van der Waals surface area (Å²) in [4.78, 5) is 13.8. The largest absolute Gasteiger partial charge is 0.315 e. The van der Waals surface area contributed by atoms with Crippen LogP contribution in [0.1, 0.15) is 6.42 Å². The first-order valence-corrected chi connectivity index (χ1v) is 6.11. The topological polar surface area (TPSA) is 85.1 Å². The van der Waals surface area contributed by atoms with Gasteiger partial charge in [0, 0.05) is 12.6 Å². The second-order valence-electron chi connectivity index (χ2n) is 3.52. The molecule has 0 amide bonds. The van der Waals surface area contributed by atoms with E-state index in [1.54, 1.807) is 0 Å². The number of nitro groups is 1. The molecule has 6 nitrogen and oxygen atoms in total. The van der Waals surface area contributed by atoms with Crippen molar-refractivity contribution in [2.24, 2.45) is 0 Å². The van der Waals surface area contributed by atoms with Crippen LogP contribution in [0.2, 0.25) is 0 Å². The molecule has 2 atom stereocenters. The molecule has 1 fully saturated rings. The average molecular weight is 278 g/mol. The van der Waals surface area contributed by atoms with Crippen LogP contribution in [0.15, 0.2) is 23.4 Å². The molecular formula is C9H12ClN3O3S. The number of hydrogen-bond donors (Lipinski definition) is 1. The lowest BCUT2D eigenvalue weighted by molar-refractivity contribution is -0.385. The van der Waals surface area contributed by atoms with Crippen molar-refractivity contribution in [3.05, 3.63) is 28.4 Å². The van der Waals surface area contributed by atoms with Gasteiger partial charge in [-0.3, -0.25) is 14.3 Å². The minimum atomic E-state index is -1.18. The van der Waals surface area contributed by atoms with Gasteiger partial charge >= 0.3 is 0 Å². The SMILES string of the molecule is Cl.O=[N+]([O-])c1ccc(S(=O)[C@@H]2CCNC2)nc1. The second-order valence-corrected chi connectivity index (χ2v) is 5.20. The Hall–Kier alpha value is -1.05. The van der Waals surface area contributed by atoms with Crippen molar-refractivity contribution < 1.29 is 9.13 Å². The molecule has 1 aromatic rings. The fourth-order valence-electron chi connectivity index (χ4n) is 1.58. The van der Waals surface area contributed by atoms with Crippen molar-refractivity contribution in [1.29, 1.82) is 0 Å². The zero-order valence-electron chi connectivity index (χ0n) is 8.87. The van der Waals surface area contributed by atoms with Crippen molar-refractivity contribution in [3.63, 3.8) is 0 Å². The van der Waals surface area contributed by atoms with Crippen LogP contribution >= 0.6 is 12.4 Å². The van der Waals surface area contributed by atoms with Crippen LogP contribution in [-0.4, -0.2) is 32.5 Å². The number of hydrogen-bond acceptors (Lipinski definition) is 5. The van der Waals surface area contributed by atoms with Crippen LogP contribution < -0.4 is 5.32 Å². The minimum absolute atomic E-state index is 0. The first kappa shape index (κ1) is 14.0. The third-order valence-electron chi connectivity index (χ3n) is 2.46. The van der Waals surface area contributed by atoms with Gasteiger partial charge in [-0.05, 0) is 19.0 Å². The highest BCUT2D eigenvalue weighted by molar-refractivity contribution is 7.85. The summed E-state index contributed by atoms with van der Waals surface area (Å²) in [5, 5.41) is 14.0. The Morgan fingerprint density at radius 1 is 1.53 bits per heavy atom. The number of nitrogens with one attached hydrogen (secondary N) is 1. The van der Waals surface area contributed by atoms with Crippen LogP contribution in [0.25, 0.3) is 0 Å². The van der Waals surface area contributed by atoms with Crippen molar-refractivity contribution in [1.82, 2.24) is 10.3 Å². The maximum Gasteiger partial charge on any atom is 0.287 e. The molecule has 1 unspecified atom stereocenters. The van der Waals surface area contributed by atoms with Gasteiger partial charge in [0.25, 0.3) is 5.69 Å². The van der Waals surface area contributed by atoms with Crippen LogP contribution in [0.5, 0.6) is 0 Å². The molecule has 2 rings (SSSR count). The fourth-order valence-corrected chi connectivity index (χ4v) is 2.88. The molecular weight excluding hydrogens is 266 g/mol. The van der Waals surface area contributed by atoms with Gasteiger partial charge in [-0.15, -0.1) is 12.4 Å². The fraction of sp³-hybridized carbons (Fsp3) is 0.444. The number of pyridine rings is 1. The first-order valence-electron chi connectivity index (χ1n) is 4.90. The number of rotatable bonds is 3. The quantitative estimate of drug-likeness (QED) is 0.655. The van der Waals surface area contributed by atoms with Crippen molar-refractivity contribution in [2.75, 3.05) is 13.1 Å². The summed E-state index contributed by atoms with van der Waals surface area (Å²) in [5.41, 5.74) is -0.0784. The Morgan fingerprint density at radius 3 is 2.76 bits per heavy atom. The molecule has 0 saturated carbocycles. The van der Waals surface area contributed by atoms with E-state index in [0.717, 1.165) is 19.2 Å². The molecule has 0 aromatic carbocycles. The summed E-state index contributed by atoms with van der Waals surface area (Å²) >= 11 is 0. The van der Waals surface area contributed by atoms with E-state index in [1.165, 1.54) is 12.1 Å². The smallest absolute Gasteiger partial charge is 0.287 e. The van der Waals surface area contributed by atoms with Crippen molar-refractivity contribution in [3.8, 4) is 0 Å². The molecule has 1 aliphatic heterocycles. The third kappa shape index (κ3) is 3.21. The Kier molecular flexibility index (Phi) is 4.98. The van der Waals surface area contributed by atoms with Gasteiger partial charge in [-0.25, -0.2) is 4.98 Å². The van der Waals surface area contributed by atoms with Gasteiger partial charge in [0.05, 0.1) is 21.0 Å². The van der Waals surface area contributed by atoms with Crippen LogP contribution in [0.4, 0.5) is 5.69 Å². The zero-order valence-corrected chi connectivity index (χ0v) is 10.5. The van der Waals surface area contributed by atoms with E-state index in [-0.39, 0.29) is 23.3 Å². The van der Waals surface area contributed by atoms with E-state index < -0.39 is 15.7 Å². The Bertz CT molecular complexity index is 420. The molecule has 0 aliphatic carbocycles. The molecule has 1 aromatic heterocycles. The number of halogens is 1. The molecule has 1 aliphatic rings. The summed E-state index contributed by atoms with van der Waals surface area (Å²) in [6.45, 7) is 1.58. The maximum atomic E-state index is 12.0. The van der Waals surface area contributed by atoms with Crippen LogP contribution in [-0.2, 0) is 10.8 Å². The highest BCUT2D eigenvalue weighted by Crippen LogP contribution is 2.16. The van der Waals surface area contributed by atoms with Gasteiger partial charge in [0.2, 0.25) is 0 Å². The van der Waals surface area contributed by atoms with Crippen molar-refractivity contribution >= 4 is 28.9 Å². The summed E-state index contributed by atoms with van der Waals surface area (Å²) in [6.07, 6.45) is 2.00. The summed E-state index contributed by atoms with van der Waals surface area (Å²) in [6, 6.07) is 2.80. The second kappa shape index (κ2) is 6.04. The van der Waals surface area contributed by atoms with Crippen molar-refractivity contribution in [2.45, 2.75) is 16.7 Å². The molecule has 0 spiro atoms. The lowest BCUT2D eigenvalue weighted by Crippen LogP contribution is -2.19. The molecule has 94 valence electrons. The molecule has 0 radical (unpaired) electrons. The Balaban J connectivity index is 0.00000144. The van der Waals surface area contributed by atoms with Gasteiger partial charge < -0.3 is 5.32 Å². The Labute approximate surface area is 107 Å². The molecule has 8 heteroatoms. The van der Waals surface area contributed by atoms with Gasteiger partial charge in [0.15, 0.2) is 0 Å². The first-order chi connectivity index (χ1) is 7.68. The van der Waals surface area contributed by atoms with Gasteiger partial charge in [0.1, 0.15) is 11.2 Å². The highest BCUT2D eigenvalue weighted by atomic mass is 35.5. The predicted molar refractivity (Wildman–Crippen MR) is 65.8 cm³/mol. The molecule has 1 N–H and O–H groups in total. The van der Waals surface area contributed by atoms with Gasteiger partial charge in [-0.1, -0.05) is 0 Å². The van der Waals surface area contributed by atoms with E-state index in [9.17, 15) is 14.3 Å². The van der Waals surface area contributed by atoms with Crippen LogP contribution in [0.3, 0.4) is 0 Å². The lowest BCUT2D eigenvalue weighted by Gasteiger charge is -2.06.